The van der Waals surface area contributed by atoms with Gasteiger partial charge in [-0.3, -0.25) is 0 Å². The fourth-order valence-electron chi connectivity index (χ4n) is 1.71. The number of aryl methyl sites for hydroxylation is 1. The van der Waals surface area contributed by atoms with Gasteiger partial charge in [-0.1, -0.05) is 38.1 Å². The van der Waals surface area contributed by atoms with Gasteiger partial charge >= 0.3 is 0 Å². The zero-order valence-electron chi connectivity index (χ0n) is 12.2. The Morgan fingerprint density at radius 2 is 2.20 bits per heavy atom. The summed E-state index contributed by atoms with van der Waals surface area (Å²) in [4.78, 5) is 5.55. The average molecular weight is 291 g/mol. The van der Waals surface area contributed by atoms with E-state index in [0.717, 1.165) is 24.5 Å². The molecule has 0 aliphatic heterocycles. The van der Waals surface area contributed by atoms with E-state index >= 15 is 0 Å². The van der Waals surface area contributed by atoms with Gasteiger partial charge in [0.2, 0.25) is 5.89 Å². The molecular formula is C15H21N3OS. The van der Waals surface area contributed by atoms with E-state index in [0.29, 0.717) is 11.9 Å². The number of nitrogens with one attached hydrogen (secondary N) is 1. The van der Waals surface area contributed by atoms with Crippen LogP contribution in [0.4, 0.5) is 0 Å². The molecule has 1 aromatic carbocycles. The quantitative estimate of drug-likeness (QED) is 0.792. The van der Waals surface area contributed by atoms with Crippen molar-refractivity contribution < 1.29 is 4.52 Å². The lowest BCUT2D eigenvalue weighted by atomic mass is 10.2. The molecule has 0 aliphatic carbocycles. The number of benzene rings is 1. The topological polar surface area (TPSA) is 51.0 Å². The molecule has 5 heteroatoms. The van der Waals surface area contributed by atoms with Crippen molar-refractivity contribution in [1.82, 2.24) is 15.5 Å². The van der Waals surface area contributed by atoms with Crippen LogP contribution in [0, 0.1) is 0 Å². The Hall–Kier alpha value is -1.33. The Bertz CT molecular complexity index is 539. The highest BCUT2D eigenvalue weighted by Crippen LogP contribution is 2.22. The highest BCUT2D eigenvalue weighted by atomic mass is 32.2. The van der Waals surface area contributed by atoms with Gasteiger partial charge in [-0.2, -0.15) is 4.98 Å². The smallest absolute Gasteiger partial charge is 0.226 e. The van der Waals surface area contributed by atoms with Gasteiger partial charge in [-0.15, -0.1) is 11.8 Å². The maximum atomic E-state index is 5.11. The van der Waals surface area contributed by atoms with Gasteiger partial charge in [0.25, 0.3) is 0 Å². The molecule has 2 aromatic rings. The van der Waals surface area contributed by atoms with Gasteiger partial charge < -0.3 is 9.84 Å². The number of rotatable bonds is 7. The Balaban J connectivity index is 1.90. The van der Waals surface area contributed by atoms with E-state index in [1.165, 1.54) is 10.5 Å². The van der Waals surface area contributed by atoms with Crippen LogP contribution in [-0.4, -0.2) is 16.2 Å². The molecule has 0 unspecified atom stereocenters. The first-order valence-corrected chi connectivity index (χ1v) is 7.92. The number of aromatic nitrogens is 2. The molecule has 0 bridgehead atoms. The summed E-state index contributed by atoms with van der Waals surface area (Å²) in [5.74, 6) is 2.21. The van der Waals surface area contributed by atoms with E-state index in [1.807, 2.05) is 6.92 Å². The van der Waals surface area contributed by atoms with Crippen LogP contribution in [0.15, 0.2) is 33.7 Å². The third-order valence-corrected chi connectivity index (χ3v) is 3.78. The van der Waals surface area contributed by atoms with E-state index in [4.69, 9.17) is 4.52 Å². The van der Waals surface area contributed by atoms with Gasteiger partial charge in [0.1, 0.15) is 0 Å². The standard InChI is InChI=1S/C15H21N3OS/c1-4-15-17-14(18-19-15)10-20-13-7-5-6-12(8-13)9-16-11(2)3/h5-8,11,16H,4,9-10H2,1-3H3. The minimum Gasteiger partial charge on any atom is -0.339 e. The fraction of sp³-hybridized carbons (Fsp3) is 0.467. The predicted molar refractivity (Wildman–Crippen MR) is 81.7 cm³/mol. The summed E-state index contributed by atoms with van der Waals surface area (Å²) < 4.78 is 5.11. The molecule has 0 saturated heterocycles. The van der Waals surface area contributed by atoms with Crippen molar-refractivity contribution in [3.05, 3.63) is 41.5 Å². The minimum atomic E-state index is 0.498. The molecule has 0 amide bonds. The van der Waals surface area contributed by atoms with Crippen molar-refractivity contribution in [2.45, 2.75) is 50.4 Å². The fourth-order valence-corrected chi connectivity index (χ4v) is 2.53. The Morgan fingerprint density at radius 3 is 2.90 bits per heavy atom. The van der Waals surface area contributed by atoms with Crippen molar-refractivity contribution in [3.63, 3.8) is 0 Å². The minimum absolute atomic E-state index is 0.498. The first kappa shape index (κ1) is 15.1. The molecule has 0 atom stereocenters. The molecule has 2 rings (SSSR count). The SMILES string of the molecule is CCc1nc(CSc2cccc(CNC(C)C)c2)no1. The van der Waals surface area contributed by atoms with Crippen LogP contribution in [-0.2, 0) is 18.7 Å². The lowest BCUT2D eigenvalue weighted by Crippen LogP contribution is -2.21. The zero-order valence-corrected chi connectivity index (χ0v) is 13.0. The number of thioether (sulfide) groups is 1. The zero-order chi connectivity index (χ0) is 14.4. The summed E-state index contributed by atoms with van der Waals surface area (Å²) >= 11 is 1.73. The highest BCUT2D eigenvalue weighted by molar-refractivity contribution is 7.98. The van der Waals surface area contributed by atoms with Crippen molar-refractivity contribution in [3.8, 4) is 0 Å². The van der Waals surface area contributed by atoms with Crippen LogP contribution < -0.4 is 5.32 Å². The van der Waals surface area contributed by atoms with Crippen LogP contribution in [0.3, 0.4) is 0 Å². The normalized spacial score (nSPS) is 11.2. The van der Waals surface area contributed by atoms with E-state index in [2.05, 4.69) is 53.6 Å². The van der Waals surface area contributed by atoms with Gasteiger partial charge in [-0.25, -0.2) is 0 Å². The summed E-state index contributed by atoms with van der Waals surface area (Å²) in [5.41, 5.74) is 1.30. The second-order valence-corrected chi connectivity index (χ2v) is 5.98. The number of hydrogen-bond acceptors (Lipinski definition) is 5. The van der Waals surface area contributed by atoms with Crippen molar-refractivity contribution >= 4 is 11.8 Å². The van der Waals surface area contributed by atoms with Crippen LogP contribution >= 0.6 is 11.8 Å². The van der Waals surface area contributed by atoms with E-state index in [-0.39, 0.29) is 0 Å². The van der Waals surface area contributed by atoms with Crippen molar-refractivity contribution in [1.29, 1.82) is 0 Å². The molecule has 4 nitrogen and oxygen atoms in total. The molecule has 108 valence electrons. The van der Waals surface area contributed by atoms with Crippen LogP contribution in [0.5, 0.6) is 0 Å². The maximum Gasteiger partial charge on any atom is 0.226 e. The first-order chi connectivity index (χ1) is 9.67. The Kier molecular flexibility index (Phi) is 5.61. The molecule has 1 aromatic heterocycles. The van der Waals surface area contributed by atoms with Crippen molar-refractivity contribution in [2.24, 2.45) is 0 Å². The molecule has 0 spiro atoms. The van der Waals surface area contributed by atoms with Gasteiger partial charge in [0.15, 0.2) is 5.82 Å². The molecule has 20 heavy (non-hydrogen) atoms. The van der Waals surface area contributed by atoms with Gasteiger partial charge in [-0.05, 0) is 17.7 Å². The summed E-state index contributed by atoms with van der Waals surface area (Å²) in [6.45, 7) is 7.21. The average Bonchev–Trinajstić information content (AvgIpc) is 2.91. The lowest BCUT2D eigenvalue weighted by Gasteiger charge is -2.09. The lowest BCUT2D eigenvalue weighted by molar-refractivity contribution is 0.378. The molecular weight excluding hydrogens is 270 g/mol. The number of nitrogens with zero attached hydrogens (tertiary/aromatic N) is 2. The van der Waals surface area contributed by atoms with Crippen LogP contribution in [0.25, 0.3) is 0 Å². The molecule has 1 N–H and O–H groups in total. The summed E-state index contributed by atoms with van der Waals surface area (Å²) in [5, 5.41) is 7.39. The Morgan fingerprint density at radius 1 is 1.35 bits per heavy atom. The molecule has 0 saturated carbocycles. The molecule has 0 fully saturated rings. The van der Waals surface area contributed by atoms with Crippen LogP contribution in [0.1, 0.15) is 38.0 Å². The second kappa shape index (κ2) is 7.45. The van der Waals surface area contributed by atoms with Crippen molar-refractivity contribution in [2.75, 3.05) is 0 Å². The maximum absolute atomic E-state index is 5.11. The summed E-state index contributed by atoms with van der Waals surface area (Å²) in [7, 11) is 0. The first-order valence-electron chi connectivity index (χ1n) is 6.94. The largest absolute Gasteiger partial charge is 0.339 e. The second-order valence-electron chi connectivity index (χ2n) is 4.93. The summed E-state index contributed by atoms with van der Waals surface area (Å²) in [6, 6.07) is 9.06. The van der Waals surface area contributed by atoms with Gasteiger partial charge in [0, 0.05) is 23.9 Å². The summed E-state index contributed by atoms with van der Waals surface area (Å²) in [6.07, 6.45) is 0.786. The predicted octanol–water partition coefficient (Wildman–Crippen LogP) is 3.42. The van der Waals surface area contributed by atoms with E-state index < -0.39 is 0 Å². The van der Waals surface area contributed by atoms with E-state index in [1.54, 1.807) is 11.8 Å². The van der Waals surface area contributed by atoms with Crippen LogP contribution in [0.2, 0.25) is 0 Å². The third kappa shape index (κ3) is 4.65. The van der Waals surface area contributed by atoms with Gasteiger partial charge in [0.05, 0.1) is 5.75 Å². The number of hydrogen-bond donors (Lipinski definition) is 1. The van der Waals surface area contributed by atoms with E-state index in [9.17, 15) is 0 Å². The molecule has 1 heterocycles. The molecule has 0 radical (unpaired) electrons. The Labute approximate surface area is 124 Å². The highest BCUT2D eigenvalue weighted by Gasteiger charge is 2.05. The molecule has 0 aliphatic rings. The third-order valence-electron chi connectivity index (χ3n) is 2.79. The monoisotopic (exact) mass is 291 g/mol.